The average molecular weight is 579 g/mol. The van der Waals surface area contributed by atoms with Crippen molar-refractivity contribution in [3.05, 3.63) is 75.2 Å². The number of likely N-dealkylation sites (tertiary alicyclic amines) is 1. The summed E-state index contributed by atoms with van der Waals surface area (Å²) in [6.45, 7) is 10.6. The summed E-state index contributed by atoms with van der Waals surface area (Å²) in [5.41, 5.74) is 14.6. The van der Waals surface area contributed by atoms with Crippen molar-refractivity contribution in [1.82, 2.24) is 25.1 Å². The van der Waals surface area contributed by atoms with E-state index in [9.17, 15) is 4.79 Å². The van der Waals surface area contributed by atoms with Gasteiger partial charge in [-0.2, -0.15) is 5.10 Å². The first-order valence-electron chi connectivity index (χ1n) is 14.5. The first-order valence-corrected chi connectivity index (χ1v) is 15.3. The smallest absolute Gasteiger partial charge is 0.269 e. The number of aromatic nitrogens is 3. The van der Waals surface area contributed by atoms with Gasteiger partial charge >= 0.3 is 0 Å². The third-order valence-corrected chi connectivity index (χ3v) is 10.2. The maximum atomic E-state index is 11.3. The molecule has 2 fully saturated rings. The van der Waals surface area contributed by atoms with Crippen LogP contribution in [0.5, 0.6) is 0 Å². The van der Waals surface area contributed by atoms with Gasteiger partial charge in [0.05, 0.1) is 5.71 Å². The summed E-state index contributed by atoms with van der Waals surface area (Å²) in [6.07, 6.45) is 6.78. The molecule has 4 aliphatic rings. The number of aliphatic imine (C=N–C) groups is 1. The second-order valence-electron chi connectivity index (χ2n) is 12.0. The number of thiophene rings is 1. The molecule has 1 amide bonds. The van der Waals surface area contributed by atoms with Crippen molar-refractivity contribution in [2.24, 2.45) is 27.2 Å². The highest BCUT2D eigenvalue weighted by atomic mass is 32.1. The van der Waals surface area contributed by atoms with E-state index in [1.165, 1.54) is 16.0 Å². The van der Waals surface area contributed by atoms with Gasteiger partial charge in [0, 0.05) is 40.6 Å². The molecular weight excluding hydrogens is 544 g/mol. The van der Waals surface area contributed by atoms with Gasteiger partial charge in [0.25, 0.3) is 5.91 Å². The van der Waals surface area contributed by atoms with Crippen LogP contribution in [0.15, 0.2) is 46.5 Å². The fourth-order valence-corrected chi connectivity index (χ4v) is 7.87. The number of primary amides is 1. The molecule has 3 aromatic rings. The molecule has 0 radical (unpaired) electrons. The number of hydrogen-bond donors (Lipinski definition) is 2. The molecule has 9 nitrogen and oxygen atoms in total. The maximum Gasteiger partial charge on any atom is 0.269 e. The van der Waals surface area contributed by atoms with E-state index >= 15 is 0 Å². The molecule has 1 aliphatic carbocycles. The molecule has 0 bridgehead atoms. The fourth-order valence-electron chi connectivity index (χ4n) is 6.66. The molecule has 1 aromatic carbocycles. The summed E-state index contributed by atoms with van der Waals surface area (Å²) in [4.78, 5) is 20.2. The predicted molar refractivity (Wildman–Crippen MR) is 165 cm³/mol. The molecule has 5 heterocycles. The lowest BCUT2D eigenvalue weighted by molar-refractivity contribution is -0.112. The van der Waals surface area contributed by atoms with Crippen molar-refractivity contribution in [3.8, 4) is 16.8 Å². The van der Waals surface area contributed by atoms with E-state index in [2.05, 4.69) is 87.1 Å². The Hall–Kier alpha value is -4.07. The lowest BCUT2D eigenvalue weighted by atomic mass is 9.58. The molecular formula is C32H34N8OS. The Labute approximate surface area is 249 Å². The van der Waals surface area contributed by atoms with Crippen LogP contribution in [0.1, 0.15) is 71.0 Å². The monoisotopic (exact) mass is 578 g/mol. The highest BCUT2D eigenvalue weighted by molar-refractivity contribution is 7.15. The van der Waals surface area contributed by atoms with Crippen molar-refractivity contribution < 1.29 is 4.79 Å². The normalized spacial score (nSPS) is 22.4. The van der Waals surface area contributed by atoms with Crippen molar-refractivity contribution >= 4 is 28.7 Å². The van der Waals surface area contributed by atoms with Crippen LogP contribution in [-0.2, 0) is 4.79 Å². The standard InChI is InChI=1S/C32H34N8OS/c1-5-24-30-38-35-20(4)40(30)31-27(18(2)19(3)42-31)28(34-24)23-10-8-21(9-11-23)6-7-22-14-32(15-22)16-39(17-32)26-13-12-25(29(33)41)36-37-26/h8-13,22,24,26,37H,5,14-17H2,1-4H3,(H2,33,41). The first kappa shape index (κ1) is 26.8. The number of aryl methyl sites for hydroxylation is 2. The Morgan fingerprint density at radius 1 is 1.17 bits per heavy atom. The van der Waals surface area contributed by atoms with Crippen molar-refractivity contribution in [2.45, 2.75) is 59.2 Å². The van der Waals surface area contributed by atoms with Gasteiger partial charge in [-0.1, -0.05) is 30.9 Å². The summed E-state index contributed by atoms with van der Waals surface area (Å²) >= 11 is 1.79. The van der Waals surface area contributed by atoms with Gasteiger partial charge < -0.3 is 5.73 Å². The highest BCUT2D eigenvalue weighted by Gasteiger charge is 2.53. The minimum absolute atomic E-state index is 0.0212. The second-order valence-corrected chi connectivity index (χ2v) is 13.2. The van der Waals surface area contributed by atoms with E-state index in [1.807, 2.05) is 13.0 Å². The number of amides is 1. The van der Waals surface area contributed by atoms with E-state index in [0.29, 0.717) is 11.3 Å². The maximum absolute atomic E-state index is 11.3. The van der Waals surface area contributed by atoms with Crippen LogP contribution >= 0.6 is 11.3 Å². The summed E-state index contributed by atoms with van der Waals surface area (Å²) in [5, 5.41) is 14.2. The van der Waals surface area contributed by atoms with Crippen LogP contribution in [0.4, 0.5) is 0 Å². The molecule has 3 aliphatic heterocycles. The van der Waals surface area contributed by atoms with E-state index in [-0.39, 0.29) is 17.9 Å². The van der Waals surface area contributed by atoms with Crippen LogP contribution in [-0.4, -0.2) is 56.3 Å². The van der Waals surface area contributed by atoms with Crippen LogP contribution in [0, 0.1) is 43.9 Å². The summed E-state index contributed by atoms with van der Waals surface area (Å²) < 4.78 is 2.20. The lowest BCUT2D eigenvalue weighted by Crippen LogP contribution is -2.66. The van der Waals surface area contributed by atoms with E-state index in [0.717, 1.165) is 65.8 Å². The van der Waals surface area contributed by atoms with Crippen LogP contribution in [0.3, 0.4) is 0 Å². The summed E-state index contributed by atoms with van der Waals surface area (Å²) in [6, 6.07) is 8.52. The Kier molecular flexibility index (Phi) is 6.40. The molecule has 42 heavy (non-hydrogen) atoms. The highest BCUT2D eigenvalue weighted by Crippen LogP contribution is 2.52. The number of carbonyl (C=O) groups excluding carboxylic acids is 1. The van der Waals surface area contributed by atoms with Crippen LogP contribution in [0.25, 0.3) is 5.00 Å². The molecule has 10 heteroatoms. The molecule has 1 saturated carbocycles. The number of hydrogen-bond acceptors (Lipinski definition) is 8. The van der Waals surface area contributed by atoms with E-state index in [1.54, 1.807) is 17.4 Å². The van der Waals surface area contributed by atoms with Gasteiger partial charge in [0.1, 0.15) is 28.7 Å². The van der Waals surface area contributed by atoms with Crippen molar-refractivity contribution in [1.29, 1.82) is 0 Å². The SMILES string of the molecule is CCC1N=C(c2ccc(C#CC3CC4(C3)CN(C3C=CC(C(N)=O)=NN3)C4)cc2)c2c(sc(C)c2C)-n2c(C)nnc21. The van der Waals surface area contributed by atoms with Gasteiger partial charge in [-0.05, 0) is 75.3 Å². The molecule has 2 unspecified atom stereocenters. The lowest BCUT2D eigenvalue weighted by Gasteiger charge is -2.59. The van der Waals surface area contributed by atoms with Gasteiger partial charge in [-0.3, -0.25) is 24.7 Å². The van der Waals surface area contributed by atoms with E-state index < -0.39 is 5.91 Å². The number of benzene rings is 1. The Morgan fingerprint density at radius 3 is 2.60 bits per heavy atom. The molecule has 2 atom stereocenters. The Bertz CT molecular complexity index is 1730. The first-order chi connectivity index (χ1) is 20.2. The number of fused-ring (bicyclic) bond motifs is 3. The molecule has 7 rings (SSSR count). The third-order valence-electron chi connectivity index (χ3n) is 9.04. The van der Waals surface area contributed by atoms with Gasteiger partial charge in [0.15, 0.2) is 5.82 Å². The number of nitrogens with one attached hydrogen (secondary N) is 1. The number of nitrogens with zero attached hydrogens (tertiary/aromatic N) is 6. The number of nitrogens with two attached hydrogens (primary N) is 1. The summed E-state index contributed by atoms with van der Waals surface area (Å²) in [7, 11) is 0. The van der Waals surface area contributed by atoms with Crippen molar-refractivity contribution in [3.63, 3.8) is 0 Å². The Balaban J connectivity index is 1.03. The average Bonchev–Trinajstić information content (AvgIpc) is 3.41. The zero-order valence-electron chi connectivity index (χ0n) is 24.3. The molecule has 1 saturated heterocycles. The topological polar surface area (TPSA) is 114 Å². The third kappa shape index (κ3) is 4.39. The van der Waals surface area contributed by atoms with Gasteiger partial charge in [-0.15, -0.1) is 21.5 Å². The second kappa shape index (κ2) is 10.0. The fraction of sp³-hybridized carbons (Fsp3) is 0.406. The van der Waals surface area contributed by atoms with Gasteiger partial charge in [0.2, 0.25) is 0 Å². The van der Waals surface area contributed by atoms with Crippen LogP contribution < -0.4 is 11.2 Å². The van der Waals surface area contributed by atoms with Crippen LogP contribution in [0.2, 0.25) is 0 Å². The largest absolute Gasteiger partial charge is 0.364 e. The molecule has 1 spiro atoms. The quantitative estimate of drug-likeness (QED) is 0.455. The predicted octanol–water partition coefficient (Wildman–Crippen LogP) is 3.95. The number of carbonyl (C=O) groups is 1. The number of hydrazone groups is 1. The molecule has 214 valence electrons. The Morgan fingerprint density at radius 2 is 1.93 bits per heavy atom. The number of rotatable bonds is 4. The molecule has 2 aromatic heterocycles. The zero-order chi connectivity index (χ0) is 29.2. The van der Waals surface area contributed by atoms with Gasteiger partial charge in [-0.25, -0.2) is 0 Å². The van der Waals surface area contributed by atoms with E-state index in [4.69, 9.17) is 10.7 Å². The minimum Gasteiger partial charge on any atom is -0.364 e. The summed E-state index contributed by atoms with van der Waals surface area (Å²) in [5.74, 6) is 8.68. The molecule has 3 N–H and O–H groups in total. The zero-order valence-corrected chi connectivity index (χ0v) is 25.1. The van der Waals surface area contributed by atoms with Crippen molar-refractivity contribution in [2.75, 3.05) is 13.1 Å². The minimum atomic E-state index is -0.515.